The van der Waals surface area contributed by atoms with Crippen LogP contribution in [0.25, 0.3) is 0 Å². The number of rotatable bonds is 4. The highest BCUT2D eigenvalue weighted by Gasteiger charge is 2.47. The van der Waals surface area contributed by atoms with Gasteiger partial charge >= 0.3 is 5.97 Å². The molecule has 0 aliphatic heterocycles. The quantitative estimate of drug-likeness (QED) is 0.773. The van der Waals surface area contributed by atoms with Gasteiger partial charge in [0, 0.05) is 10.9 Å². The SMILES string of the molecule is O=C(O)CNC(=O)C1CC(O)(c2cccc(Cl)c2)C1. The Morgan fingerprint density at radius 1 is 1.42 bits per heavy atom. The number of nitrogens with one attached hydrogen (secondary N) is 1. The molecular formula is C13H14ClNO4. The minimum atomic E-state index is -1.09. The van der Waals surface area contributed by atoms with Gasteiger partial charge in [-0.1, -0.05) is 23.7 Å². The fraction of sp³-hybridized carbons (Fsp3) is 0.385. The van der Waals surface area contributed by atoms with Gasteiger partial charge in [0.1, 0.15) is 6.54 Å². The van der Waals surface area contributed by atoms with E-state index >= 15 is 0 Å². The van der Waals surface area contributed by atoms with Crippen LogP contribution < -0.4 is 5.32 Å². The molecule has 1 aromatic carbocycles. The maximum atomic E-state index is 11.6. The number of aliphatic hydroxyl groups is 1. The van der Waals surface area contributed by atoms with E-state index in [-0.39, 0.29) is 24.7 Å². The Kier molecular flexibility index (Phi) is 3.78. The van der Waals surface area contributed by atoms with Crippen molar-refractivity contribution in [2.75, 3.05) is 6.54 Å². The average Bonchev–Trinajstić information content (AvgIpc) is 2.32. The van der Waals surface area contributed by atoms with E-state index in [1.807, 2.05) is 0 Å². The molecule has 1 fully saturated rings. The number of hydrogen-bond donors (Lipinski definition) is 3. The number of carboxylic acid groups (broad SMARTS) is 1. The lowest BCUT2D eigenvalue weighted by Crippen LogP contribution is -2.48. The molecule has 0 spiro atoms. The second-order valence-corrected chi connectivity index (χ2v) is 5.20. The van der Waals surface area contributed by atoms with E-state index in [4.69, 9.17) is 16.7 Å². The van der Waals surface area contributed by atoms with Crippen LogP contribution in [-0.2, 0) is 15.2 Å². The lowest BCUT2D eigenvalue weighted by molar-refractivity contribution is -0.146. The van der Waals surface area contributed by atoms with E-state index in [0.29, 0.717) is 10.6 Å². The summed E-state index contributed by atoms with van der Waals surface area (Å²) >= 11 is 5.86. The number of carbonyl (C=O) groups excluding carboxylic acids is 1. The Bertz CT molecular complexity index is 511. The van der Waals surface area contributed by atoms with E-state index < -0.39 is 18.1 Å². The van der Waals surface area contributed by atoms with Crippen molar-refractivity contribution >= 4 is 23.5 Å². The minimum Gasteiger partial charge on any atom is -0.480 e. The third-order valence-electron chi connectivity index (χ3n) is 3.31. The average molecular weight is 284 g/mol. The normalized spacial score (nSPS) is 25.5. The van der Waals surface area contributed by atoms with Crippen LogP contribution in [0.3, 0.4) is 0 Å². The van der Waals surface area contributed by atoms with Crippen molar-refractivity contribution in [1.29, 1.82) is 0 Å². The molecule has 5 nitrogen and oxygen atoms in total. The summed E-state index contributed by atoms with van der Waals surface area (Å²) in [5, 5.41) is 21.7. The van der Waals surface area contributed by atoms with Crippen molar-refractivity contribution < 1.29 is 19.8 Å². The number of carbonyl (C=O) groups is 2. The molecule has 0 aromatic heterocycles. The van der Waals surface area contributed by atoms with Crippen molar-refractivity contribution in [3.8, 4) is 0 Å². The van der Waals surface area contributed by atoms with Gasteiger partial charge < -0.3 is 15.5 Å². The Hall–Kier alpha value is -1.59. The molecule has 0 bridgehead atoms. The summed E-state index contributed by atoms with van der Waals surface area (Å²) in [6.07, 6.45) is 0.553. The highest BCUT2D eigenvalue weighted by molar-refractivity contribution is 6.30. The van der Waals surface area contributed by atoms with E-state index in [1.165, 1.54) is 0 Å². The van der Waals surface area contributed by atoms with Gasteiger partial charge in [0.2, 0.25) is 5.91 Å². The van der Waals surface area contributed by atoms with Crippen LogP contribution in [0, 0.1) is 5.92 Å². The first-order valence-corrected chi connectivity index (χ1v) is 6.26. The Morgan fingerprint density at radius 3 is 2.68 bits per heavy atom. The number of hydrogen-bond acceptors (Lipinski definition) is 3. The first kappa shape index (κ1) is 13.8. The summed E-state index contributed by atoms with van der Waals surface area (Å²) in [4.78, 5) is 21.9. The van der Waals surface area contributed by atoms with Crippen molar-refractivity contribution in [3.05, 3.63) is 34.9 Å². The molecule has 0 atom stereocenters. The van der Waals surface area contributed by atoms with E-state index in [2.05, 4.69) is 5.32 Å². The number of carboxylic acids is 1. The smallest absolute Gasteiger partial charge is 0.322 e. The molecule has 2 rings (SSSR count). The number of aliphatic carboxylic acids is 1. The molecule has 102 valence electrons. The fourth-order valence-electron chi connectivity index (χ4n) is 2.26. The van der Waals surface area contributed by atoms with Gasteiger partial charge in [-0.3, -0.25) is 9.59 Å². The maximum absolute atomic E-state index is 11.6. The standard InChI is InChI=1S/C13H14ClNO4/c14-10-3-1-2-9(4-10)13(19)5-8(6-13)12(18)15-7-11(16)17/h1-4,8,19H,5-7H2,(H,15,18)(H,16,17). The highest BCUT2D eigenvalue weighted by Crippen LogP contribution is 2.46. The van der Waals surface area contributed by atoms with Crippen LogP contribution in [0.1, 0.15) is 18.4 Å². The molecule has 6 heteroatoms. The third-order valence-corrected chi connectivity index (χ3v) is 3.55. The molecule has 19 heavy (non-hydrogen) atoms. The summed E-state index contributed by atoms with van der Waals surface area (Å²) in [5.41, 5.74) is -0.363. The highest BCUT2D eigenvalue weighted by atomic mass is 35.5. The number of halogens is 1. The molecule has 0 radical (unpaired) electrons. The molecule has 1 amide bonds. The van der Waals surface area contributed by atoms with Crippen molar-refractivity contribution in [1.82, 2.24) is 5.32 Å². The third kappa shape index (κ3) is 3.05. The van der Waals surface area contributed by atoms with Crippen LogP contribution in [0.4, 0.5) is 0 Å². The monoisotopic (exact) mass is 283 g/mol. The predicted octanol–water partition coefficient (Wildman–Crippen LogP) is 1.14. The largest absolute Gasteiger partial charge is 0.480 e. The zero-order valence-electron chi connectivity index (χ0n) is 10.1. The number of amides is 1. The summed E-state index contributed by atoms with van der Waals surface area (Å²) < 4.78 is 0. The first-order chi connectivity index (χ1) is 8.90. The van der Waals surface area contributed by atoms with Gasteiger partial charge in [0.15, 0.2) is 0 Å². The minimum absolute atomic E-state index is 0.277. The Morgan fingerprint density at radius 2 is 2.11 bits per heavy atom. The Labute approximate surface area is 115 Å². The molecule has 0 saturated heterocycles. The summed E-state index contributed by atoms with van der Waals surface area (Å²) in [5.74, 6) is -1.78. The second-order valence-electron chi connectivity index (χ2n) is 4.76. The molecule has 1 saturated carbocycles. The number of benzene rings is 1. The zero-order valence-corrected chi connectivity index (χ0v) is 10.9. The second kappa shape index (κ2) is 5.19. The lowest BCUT2D eigenvalue weighted by atomic mass is 9.67. The van der Waals surface area contributed by atoms with Gasteiger partial charge in [-0.05, 0) is 30.5 Å². The molecular weight excluding hydrogens is 270 g/mol. The molecule has 0 unspecified atom stereocenters. The lowest BCUT2D eigenvalue weighted by Gasteiger charge is -2.43. The van der Waals surface area contributed by atoms with Crippen LogP contribution in [0.2, 0.25) is 5.02 Å². The molecule has 0 heterocycles. The van der Waals surface area contributed by atoms with Gasteiger partial charge in [-0.25, -0.2) is 0 Å². The van der Waals surface area contributed by atoms with E-state index in [0.717, 1.165) is 0 Å². The fourth-order valence-corrected chi connectivity index (χ4v) is 2.45. The molecule has 1 aliphatic rings. The van der Waals surface area contributed by atoms with Crippen molar-refractivity contribution in [2.45, 2.75) is 18.4 Å². The van der Waals surface area contributed by atoms with Crippen molar-refractivity contribution in [2.24, 2.45) is 5.92 Å². The summed E-state index contributed by atoms with van der Waals surface area (Å²) in [6.45, 7) is -0.398. The van der Waals surface area contributed by atoms with Gasteiger partial charge in [0.05, 0.1) is 5.60 Å². The van der Waals surface area contributed by atoms with Crippen LogP contribution in [0.15, 0.2) is 24.3 Å². The summed E-state index contributed by atoms with van der Waals surface area (Å²) in [6, 6.07) is 6.89. The molecule has 1 aliphatic carbocycles. The topological polar surface area (TPSA) is 86.6 Å². The molecule has 1 aromatic rings. The van der Waals surface area contributed by atoms with Crippen molar-refractivity contribution in [3.63, 3.8) is 0 Å². The summed E-state index contributed by atoms with van der Waals surface area (Å²) in [7, 11) is 0. The predicted molar refractivity (Wildman–Crippen MR) is 68.7 cm³/mol. The Balaban J connectivity index is 1.94. The van der Waals surface area contributed by atoms with Crippen LogP contribution in [-0.4, -0.2) is 28.6 Å². The van der Waals surface area contributed by atoms with Gasteiger partial charge in [-0.15, -0.1) is 0 Å². The maximum Gasteiger partial charge on any atom is 0.322 e. The van der Waals surface area contributed by atoms with Crippen LogP contribution >= 0.6 is 11.6 Å². The van der Waals surface area contributed by atoms with E-state index in [9.17, 15) is 14.7 Å². The van der Waals surface area contributed by atoms with Gasteiger partial charge in [-0.2, -0.15) is 0 Å². The molecule has 3 N–H and O–H groups in total. The van der Waals surface area contributed by atoms with Crippen LogP contribution in [0.5, 0.6) is 0 Å². The first-order valence-electron chi connectivity index (χ1n) is 5.89. The van der Waals surface area contributed by atoms with Gasteiger partial charge in [0.25, 0.3) is 0 Å². The van der Waals surface area contributed by atoms with E-state index in [1.54, 1.807) is 24.3 Å². The zero-order chi connectivity index (χ0) is 14.0.